The first-order valence-electron chi connectivity index (χ1n) is 7.81. The summed E-state index contributed by atoms with van der Waals surface area (Å²) in [5, 5.41) is 14.7. The van der Waals surface area contributed by atoms with E-state index in [1.165, 1.54) is 0 Å². The number of aromatic nitrogens is 2. The molecule has 0 fully saturated rings. The number of carbonyl (C=O) groups is 1. The van der Waals surface area contributed by atoms with Gasteiger partial charge < -0.3 is 10.6 Å². The fourth-order valence-corrected chi connectivity index (χ4v) is 2.57. The fraction of sp³-hybridized carbons (Fsp3) is 0.105. The van der Waals surface area contributed by atoms with Crippen LogP contribution in [0.5, 0.6) is 0 Å². The van der Waals surface area contributed by atoms with Crippen molar-refractivity contribution in [2.24, 2.45) is 0 Å². The van der Waals surface area contributed by atoms with E-state index >= 15 is 0 Å². The summed E-state index contributed by atoms with van der Waals surface area (Å²) in [5.74, 6) is 0.876. The maximum absolute atomic E-state index is 12.0. The standard InChI is InChI=1S/C19H17ClN4O/c1-13-11-15(20)7-8-16(13)21-17-9-10-18(24-23-17)22-19(25)12-14-5-3-2-4-6-14/h2-11H,12H2,1H3,(H,21,23)(H,22,24,25). The van der Waals surface area contributed by atoms with Crippen molar-refractivity contribution in [3.8, 4) is 0 Å². The van der Waals surface area contributed by atoms with Crippen LogP contribution in [0.15, 0.2) is 60.7 Å². The molecule has 0 bridgehead atoms. The van der Waals surface area contributed by atoms with Gasteiger partial charge in [-0.3, -0.25) is 4.79 Å². The van der Waals surface area contributed by atoms with Crippen molar-refractivity contribution in [1.82, 2.24) is 10.2 Å². The van der Waals surface area contributed by atoms with Gasteiger partial charge in [-0.05, 0) is 48.4 Å². The van der Waals surface area contributed by atoms with Gasteiger partial charge in [-0.1, -0.05) is 41.9 Å². The number of benzene rings is 2. The molecule has 5 nitrogen and oxygen atoms in total. The Bertz CT molecular complexity index is 866. The molecule has 0 aliphatic rings. The molecule has 2 aromatic carbocycles. The number of carbonyl (C=O) groups excluding carboxylic acids is 1. The summed E-state index contributed by atoms with van der Waals surface area (Å²) in [5.41, 5.74) is 2.86. The van der Waals surface area contributed by atoms with Crippen LogP contribution in [0.1, 0.15) is 11.1 Å². The zero-order chi connectivity index (χ0) is 17.6. The van der Waals surface area contributed by atoms with Gasteiger partial charge in [-0.25, -0.2) is 0 Å². The molecule has 3 aromatic rings. The summed E-state index contributed by atoms with van der Waals surface area (Å²) in [6.07, 6.45) is 0.298. The fourth-order valence-electron chi connectivity index (χ4n) is 2.34. The second kappa shape index (κ2) is 7.77. The van der Waals surface area contributed by atoms with Crippen LogP contribution in [-0.2, 0) is 11.2 Å². The molecule has 25 heavy (non-hydrogen) atoms. The third-order valence-corrected chi connectivity index (χ3v) is 3.83. The third kappa shape index (κ3) is 4.78. The van der Waals surface area contributed by atoms with E-state index in [1.807, 2.05) is 55.5 Å². The van der Waals surface area contributed by atoms with E-state index in [9.17, 15) is 4.79 Å². The number of halogens is 1. The molecule has 0 atom stereocenters. The van der Waals surface area contributed by atoms with Gasteiger partial charge in [0.05, 0.1) is 6.42 Å². The highest BCUT2D eigenvalue weighted by molar-refractivity contribution is 6.30. The lowest BCUT2D eigenvalue weighted by Crippen LogP contribution is -2.15. The lowest BCUT2D eigenvalue weighted by atomic mass is 10.1. The number of hydrogen-bond acceptors (Lipinski definition) is 4. The normalized spacial score (nSPS) is 10.3. The molecule has 2 N–H and O–H groups in total. The van der Waals surface area contributed by atoms with Crippen LogP contribution >= 0.6 is 11.6 Å². The highest BCUT2D eigenvalue weighted by Gasteiger charge is 2.06. The number of anilines is 3. The van der Waals surface area contributed by atoms with Crippen molar-refractivity contribution in [2.75, 3.05) is 10.6 Å². The van der Waals surface area contributed by atoms with Gasteiger partial charge in [0.15, 0.2) is 11.6 Å². The van der Waals surface area contributed by atoms with Crippen LogP contribution in [0.4, 0.5) is 17.3 Å². The average molecular weight is 353 g/mol. The minimum atomic E-state index is -0.130. The van der Waals surface area contributed by atoms with E-state index < -0.39 is 0 Å². The highest BCUT2D eigenvalue weighted by atomic mass is 35.5. The molecule has 0 saturated carbocycles. The monoisotopic (exact) mass is 352 g/mol. The summed E-state index contributed by atoms with van der Waals surface area (Å²) in [6.45, 7) is 1.96. The van der Waals surface area contributed by atoms with Crippen LogP contribution in [-0.4, -0.2) is 16.1 Å². The van der Waals surface area contributed by atoms with E-state index in [2.05, 4.69) is 20.8 Å². The van der Waals surface area contributed by atoms with E-state index in [-0.39, 0.29) is 5.91 Å². The van der Waals surface area contributed by atoms with Crippen LogP contribution in [0.2, 0.25) is 5.02 Å². The Morgan fingerprint density at radius 1 is 1.00 bits per heavy atom. The summed E-state index contributed by atoms with van der Waals surface area (Å²) in [7, 11) is 0. The Balaban J connectivity index is 1.61. The minimum Gasteiger partial charge on any atom is -0.339 e. The van der Waals surface area contributed by atoms with Gasteiger partial charge in [-0.2, -0.15) is 0 Å². The minimum absolute atomic E-state index is 0.130. The Hall–Kier alpha value is -2.92. The Morgan fingerprint density at radius 3 is 2.40 bits per heavy atom. The number of rotatable bonds is 5. The van der Waals surface area contributed by atoms with Crippen LogP contribution in [0, 0.1) is 6.92 Å². The zero-order valence-corrected chi connectivity index (χ0v) is 14.4. The van der Waals surface area contributed by atoms with Crippen LogP contribution in [0.25, 0.3) is 0 Å². The molecule has 126 valence electrons. The van der Waals surface area contributed by atoms with Crippen molar-refractivity contribution in [3.05, 3.63) is 76.8 Å². The van der Waals surface area contributed by atoms with Crippen molar-refractivity contribution in [1.29, 1.82) is 0 Å². The summed E-state index contributed by atoms with van der Waals surface area (Å²) >= 11 is 5.95. The molecule has 1 heterocycles. The molecule has 0 aliphatic carbocycles. The van der Waals surface area contributed by atoms with Crippen LogP contribution in [0.3, 0.4) is 0 Å². The van der Waals surface area contributed by atoms with E-state index in [0.29, 0.717) is 23.1 Å². The summed E-state index contributed by atoms with van der Waals surface area (Å²) < 4.78 is 0. The van der Waals surface area contributed by atoms with Gasteiger partial charge in [0.2, 0.25) is 5.91 Å². The quantitative estimate of drug-likeness (QED) is 0.715. The highest BCUT2D eigenvalue weighted by Crippen LogP contribution is 2.22. The molecule has 3 rings (SSSR count). The number of amides is 1. The Morgan fingerprint density at radius 2 is 1.72 bits per heavy atom. The van der Waals surface area contributed by atoms with Gasteiger partial charge in [0.25, 0.3) is 0 Å². The smallest absolute Gasteiger partial charge is 0.229 e. The van der Waals surface area contributed by atoms with E-state index in [0.717, 1.165) is 16.8 Å². The maximum Gasteiger partial charge on any atom is 0.229 e. The van der Waals surface area contributed by atoms with Gasteiger partial charge in [0.1, 0.15) is 0 Å². The molecule has 0 radical (unpaired) electrons. The molecule has 0 unspecified atom stereocenters. The lowest BCUT2D eigenvalue weighted by molar-refractivity contribution is -0.115. The molecule has 0 spiro atoms. The predicted molar refractivity (Wildman–Crippen MR) is 100 cm³/mol. The second-order valence-corrected chi connectivity index (χ2v) is 6.04. The van der Waals surface area contributed by atoms with Gasteiger partial charge in [0, 0.05) is 10.7 Å². The SMILES string of the molecule is Cc1cc(Cl)ccc1Nc1ccc(NC(=O)Cc2ccccc2)nn1. The van der Waals surface area contributed by atoms with Crippen molar-refractivity contribution < 1.29 is 4.79 Å². The largest absolute Gasteiger partial charge is 0.339 e. The molecule has 1 aromatic heterocycles. The van der Waals surface area contributed by atoms with Crippen LogP contribution < -0.4 is 10.6 Å². The van der Waals surface area contributed by atoms with Gasteiger partial charge >= 0.3 is 0 Å². The first-order valence-corrected chi connectivity index (χ1v) is 8.18. The van der Waals surface area contributed by atoms with Crippen molar-refractivity contribution in [2.45, 2.75) is 13.3 Å². The second-order valence-electron chi connectivity index (χ2n) is 5.60. The van der Waals surface area contributed by atoms with E-state index in [1.54, 1.807) is 12.1 Å². The average Bonchev–Trinajstić information content (AvgIpc) is 2.60. The van der Waals surface area contributed by atoms with E-state index in [4.69, 9.17) is 11.6 Å². The van der Waals surface area contributed by atoms with Crippen molar-refractivity contribution in [3.63, 3.8) is 0 Å². The third-order valence-electron chi connectivity index (χ3n) is 3.59. The number of hydrogen-bond donors (Lipinski definition) is 2. The molecular weight excluding hydrogens is 336 g/mol. The number of nitrogens with zero attached hydrogens (tertiary/aromatic N) is 2. The zero-order valence-electron chi connectivity index (χ0n) is 13.7. The molecule has 6 heteroatoms. The topological polar surface area (TPSA) is 66.9 Å². The Kier molecular flexibility index (Phi) is 5.26. The lowest BCUT2D eigenvalue weighted by Gasteiger charge is -2.09. The van der Waals surface area contributed by atoms with Gasteiger partial charge in [-0.15, -0.1) is 10.2 Å². The molecule has 0 saturated heterocycles. The molecule has 1 amide bonds. The molecule has 0 aliphatic heterocycles. The van der Waals surface area contributed by atoms with Crippen molar-refractivity contribution >= 4 is 34.8 Å². The predicted octanol–water partition coefficient (Wildman–Crippen LogP) is 4.36. The first kappa shape index (κ1) is 16.9. The summed E-state index contributed by atoms with van der Waals surface area (Å²) in [4.78, 5) is 12.0. The number of nitrogens with one attached hydrogen (secondary N) is 2. The molecular formula is C19H17ClN4O. The Labute approximate surface area is 151 Å². The summed E-state index contributed by atoms with van der Waals surface area (Å²) in [6, 6.07) is 18.6. The maximum atomic E-state index is 12.0. The first-order chi connectivity index (χ1) is 12.1. The number of aryl methyl sites for hydroxylation is 1.